The zero-order valence-corrected chi connectivity index (χ0v) is 44.3. The first kappa shape index (κ1) is 51.7. The second-order valence-corrected chi connectivity index (χ2v) is 23.2. The van der Waals surface area contributed by atoms with Gasteiger partial charge in [0.25, 0.3) is 0 Å². The molecule has 1 aromatic heterocycles. The lowest BCUT2D eigenvalue weighted by Gasteiger charge is -2.32. The van der Waals surface area contributed by atoms with Gasteiger partial charge in [0.05, 0.1) is 67.3 Å². The first-order chi connectivity index (χ1) is 33.3. The Morgan fingerprint density at radius 3 is 0.833 bits per heavy atom. The van der Waals surface area contributed by atoms with Crippen molar-refractivity contribution in [1.82, 2.24) is 9.97 Å². The molecule has 5 heterocycles. The van der Waals surface area contributed by atoms with Crippen LogP contribution in [0.5, 0.6) is 11.5 Å². The van der Waals surface area contributed by atoms with Crippen LogP contribution >= 0.6 is 0 Å². The summed E-state index contributed by atoms with van der Waals surface area (Å²) >= 11 is 0. The van der Waals surface area contributed by atoms with Crippen molar-refractivity contribution in [2.24, 2.45) is 0 Å². The maximum atomic E-state index is 13.9. The van der Waals surface area contributed by atoms with Crippen LogP contribution in [0.15, 0.2) is 97.3 Å². The van der Waals surface area contributed by atoms with Crippen LogP contribution < -0.4 is 31.3 Å². The molecule has 0 spiro atoms. The molecule has 0 amide bonds. The number of rotatable bonds is 10. The van der Waals surface area contributed by atoms with E-state index in [1.54, 1.807) is 48.5 Å². The SMILES string of the molecule is CC1(C)OB(c2cc(B3OC(C)(C)C(C)(C)O3)cc(C(=O)Oc3ccc(-c4cc(-c5ccc(OC(=O)c6cc(B7OC(C)(C)C(C)(C)O7)cc(B7OC(C)(C)C(C)(C)O7)c6)cc5)ncn4)cc3)c2)OC1(C)C. The minimum atomic E-state index is -0.733. The van der Waals surface area contributed by atoms with Crippen molar-refractivity contribution in [2.45, 2.75) is 156 Å². The first-order valence-electron chi connectivity index (χ1n) is 24.5. The Labute approximate surface area is 425 Å². The molecule has 0 aliphatic carbocycles. The van der Waals surface area contributed by atoms with Crippen LogP contribution in [0, 0.1) is 0 Å². The lowest BCUT2D eigenvalue weighted by Crippen LogP contribution is -2.42. The number of hydrogen-bond acceptors (Lipinski definition) is 14. The molecule has 5 aromatic rings. The highest BCUT2D eigenvalue weighted by Crippen LogP contribution is 2.40. The minimum absolute atomic E-state index is 0.288. The van der Waals surface area contributed by atoms with Gasteiger partial charge in [0.1, 0.15) is 17.8 Å². The topological polar surface area (TPSA) is 152 Å². The van der Waals surface area contributed by atoms with Gasteiger partial charge in [-0.3, -0.25) is 0 Å². The first-order valence-corrected chi connectivity index (χ1v) is 24.5. The molecule has 72 heavy (non-hydrogen) atoms. The van der Waals surface area contributed by atoms with Crippen LogP contribution in [0.2, 0.25) is 0 Å². The zero-order chi connectivity index (χ0) is 52.2. The second-order valence-electron chi connectivity index (χ2n) is 23.2. The van der Waals surface area contributed by atoms with Gasteiger partial charge >= 0.3 is 40.4 Å². The van der Waals surface area contributed by atoms with Crippen LogP contribution in [0.25, 0.3) is 22.5 Å². The summed E-state index contributed by atoms with van der Waals surface area (Å²) in [6.45, 7) is 31.7. The van der Waals surface area contributed by atoms with Crippen molar-refractivity contribution in [2.75, 3.05) is 0 Å². The number of aromatic nitrogens is 2. The normalized spacial score (nSPS) is 21.8. The average Bonchev–Trinajstić information content (AvgIpc) is 3.86. The van der Waals surface area contributed by atoms with E-state index in [2.05, 4.69) is 9.97 Å². The van der Waals surface area contributed by atoms with Crippen LogP contribution in [0.3, 0.4) is 0 Å². The summed E-state index contributed by atoms with van der Waals surface area (Å²) in [7, 11) is -2.93. The fourth-order valence-corrected chi connectivity index (χ4v) is 8.44. The highest BCUT2D eigenvalue weighted by Gasteiger charge is 2.56. The molecule has 0 atom stereocenters. The summed E-state index contributed by atoms with van der Waals surface area (Å²) in [5, 5.41) is 0. The molecule has 0 N–H and O–H groups in total. The molecule has 0 bridgehead atoms. The van der Waals surface area contributed by atoms with E-state index >= 15 is 0 Å². The van der Waals surface area contributed by atoms with Gasteiger partial charge in [-0.2, -0.15) is 0 Å². The Morgan fingerprint density at radius 1 is 0.361 bits per heavy atom. The molecule has 4 saturated heterocycles. The highest BCUT2D eigenvalue weighted by molar-refractivity contribution is 6.67. The quantitative estimate of drug-likeness (QED) is 0.0774. The fourth-order valence-electron chi connectivity index (χ4n) is 8.44. The number of carbonyl (C=O) groups is 2. The van der Waals surface area contributed by atoms with Crippen molar-refractivity contribution in [3.63, 3.8) is 0 Å². The molecule has 374 valence electrons. The Balaban J connectivity index is 0.897. The standard InChI is InChI=1S/C54H64B4N2O12/c1-47(2)48(3,4)66-55(65-47)37-25-35(26-38(29-37)56-67-49(5,6)50(7,8)68-56)45(61)63-41-21-17-33(18-22-41)43-31-44(60-32-59-43)34-19-23-42(24-20-34)64-46(62)36-27-39(57-69-51(9,10)52(11,12)70-57)30-40(28-36)58-71-53(13,14)54(15,16)72-58/h17-32H,1-16H3. The maximum Gasteiger partial charge on any atom is 0.494 e. The summed E-state index contributed by atoms with van der Waals surface area (Å²) in [4.78, 5) is 36.9. The molecular weight excluding hydrogens is 912 g/mol. The molecular formula is C54H64B4N2O12. The summed E-state index contributed by atoms with van der Waals surface area (Å²) in [6.07, 6.45) is 1.49. The smallest absolute Gasteiger partial charge is 0.423 e. The summed E-state index contributed by atoms with van der Waals surface area (Å²) in [6, 6.07) is 26.8. The third-order valence-electron chi connectivity index (χ3n) is 15.9. The van der Waals surface area contributed by atoms with E-state index in [-0.39, 0.29) is 11.1 Å². The zero-order valence-electron chi connectivity index (χ0n) is 44.3. The third kappa shape index (κ3) is 9.73. The van der Waals surface area contributed by atoms with Gasteiger partial charge in [0.2, 0.25) is 0 Å². The van der Waals surface area contributed by atoms with Crippen LogP contribution in [-0.4, -0.2) is 95.2 Å². The molecule has 4 aliphatic rings. The molecule has 4 fully saturated rings. The van der Waals surface area contributed by atoms with Gasteiger partial charge in [-0.15, -0.1) is 0 Å². The molecule has 14 nitrogen and oxygen atoms in total. The lowest BCUT2D eigenvalue weighted by molar-refractivity contribution is 0.00578. The average molecular weight is 976 g/mol. The van der Waals surface area contributed by atoms with E-state index in [1.165, 1.54) is 6.33 Å². The molecule has 4 aliphatic heterocycles. The van der Waals surface area contributed by atoms with Gasteiger partial charge < -0.3 is 46.7 Å². The van der Waals surface area contributed by atoms with Crippen LogP contribution in [0.4, 0.5) is 0 Å². The second kappa shape index (κ2) is 17.8. The van der Waals surface area contributed by atoms with Gasteiger partial charge in [0.15, 0.2) is 0 Å². The van der Waals surface area contributed by atoms with Crippen molar-refractivity contribution in [1.29, 1.82) is 0 Å². The van der Waals surface area contributed by atoms with E-state index in [4.69, 9.17) is 46.7 Å². The Bertz CT molecular complexity index is 2560. The fraction of sp³-hybridized carbons (Fsp3) is 0.444. The molecule has 9 rings (SSSR count). The summed E-state index contributed by atoms with van der Waals surface area (Å²) in [5.41, 5.74) is 1.25. The predicted molar refractivity (Wildman–Crippen MR) is 279 cm³/mol. The number of carbonyl (C=O) groups excluding carboxylic acids is 2. The molecule has 4 aromatic carbocycles. The van der Waals surface area contributed by atoms with E-state index < -0.39 is 85.2 Å². The number of ether oxygens (including phenoxy) is 2. The highest BCUT2D eigenvalue weighted by atomic mass is 16.7. The maximum absolute atomic E-state index is 13.9. The number of hydrogen-bond donors (Lipinski definition) is 0. The molecule has 0 unspecified atom stereocenters. The van der Waals surface area contributed by atoms with Crippen LogP contribution in [-0.2, 0) is 37.2 Å². The van der Waals surface area contributed by atoms with E-state index in [0.717, 1.165) is 11.1 Å². The number of esters is 2. The van der Waals surface area contributed by atoms with Gasteiger partial charge in [-0.1, -0.05) is 12.1 Å². The summed E-state index contributed by atoms with van der Waals surface area (Å²) in [5.74, 6) is -0.464. The monoisotopic (exact) mass is 976 g/mol. The third-order valence-corrected chi connectivity index (χ3v) is 15.9. The van der Waals surface area contributed by atoms with Crippen molar-refractivity contribution in [3.8, 4) is 34.0 Å². The molecule has 0 saturated carbocycles. The van der Waals surface area contributed by atoms with Crippen molar-refractivity contribution >= 4 is 62.3 Å². The van der Waals surface area contributed by atoms with Gasteiger partial charge in [-0.25, -0.2) is 19.6 Å². The van der Waals surface area contributed by atoms with Crippen molar-refractivity contribution < 1.29 is 56.3 Å². The van der Waals surface area contributed by atoms with Gasteiger partial charge in [0, 0.05) is 11.1 Å². The van der Waals surface area contributed by atoms with E-state index in [9.17, 15) is 9.59 Å². The lowest BCUT2D eigenvalue weighted by atomic mass is 9.71. The number of benzene rings is 4. The largest absolute Gasteiger partial charge is 0.494 e. The minimum Gasteiger partial charge on any atom is -0.423 e. The van der Waals surface area contributed by atoms with E-state index in [0.29, 0.717) is 44.7 Å². The van der Waals surface area contributed by atoms with Crippen LogP contribution in [0.1, 0.15) is 131 Å². The Hall–Kier alpha value is -5.16. The Kier molecular flexibility index (Phi) is 12.8. The van der Waals surface area contributed by atoms with Crippen molar-refractivity contribution in [3.05, 3.63) is 108 Å². The van der Waals surface area contributed by atoms with Gasteiger partial charge in [-0.05, 0) is 211 Å². The number of nitrogens with zero attached hydrogens (tertiary/aromatic N) is 2. The van der Waals surface area contributed by atoms with E-state index in [1.807, 2.05) is 153 Å². The summed E-state index contributed by atoms with van der Waals surface area (Å²) < 4.78 is 63.0. The Morgan fingerprint density at radius 2 is 0.597 bits per heavy atom. The molecule has 0 radical (unpaired) electrons. The predicted octanol–water partition coefficient (Wildman–Crippen LogP) is 7.45. The molecule has 18 heteroatoms.